The zero-order valence-electron chi connectivity index (χ0n) is 6.55. The molecule has 0 N–H and O–H groups in total. The van der Waals surface area contributed by atoms with Crippen molar-refractivity contribution in [2.24, 2.45) is 0 Å². The molecule has 0 saturated heterocycles. The molecule has 65 valence electrons. The Hall–Kier alpha value is -0.500. The first-order chi connectivity index (χ1) is 6.25. The third-order valence-corrected chi connectivity index (χ3v) is 2.91. The summed E-state index contributed by atoms with van der Waals surface area (Å²) in [5, 5.41) is 3.23. The highest BCUT2D eigenvalue weighted by atomic mass is 35.5. The summed E-state index contributed by atoms with van der Waals surface area (Å²) in [6.45, 7) is 0. The Morgan fingerprint density at radius 1 is 1.08 bits per heavy atom. The van der Waals surface area contributed by atoms with Crippen LogP contribution in [0.4, 0.5) is 0 Å². The van der Waals surface area contributed by atoms with E-state index < -0.39 is 0 Å². The summed E-state index contributed by atoms with van der Waals surface area (Å²) in [4.78, 5) is 1.13. The van der Waals surface area contributed by atoms with Crippen LogP contribution in [-0.4, -0.2) is 0 Å². The minimum absolute atomic E-state index is 0.663. The van der Waals surface area contributed by atoms with Crippen LogP contribution in [-0.2, 0) is 0 Å². The Morgan fingerprint density at radius 3 is 2.31 bits per heavy atom. The minimum atomic E-state index is 0.663. The number of halogens is 2. The predicted molar refractivity (Wildman–Crippen MR) is 58.6 cm³/mol. The molecular weight excluding hydrogens is 223 g/mol. The van der Waals surface area contributed by atoms with Crippen molar-refractivity contribution in [1.82, 2.24) is 0 Å². The lowest BCUT2D eigenvalue weighted by molar-refractivity contribution is 1.69. The largest absolute Gasteiger partial charge is 0.143 e. The van der Waals surface area contributed by atoms with Gasteiger partial charge in [-0.15, -0.1) is 11.3 Å². The lowest BCUT2D eigenvalue weighted by atomic mass is 10.2. The van der Waals surface area contributed by atoms with Crippen LogP contribution in [0.15, 0.2) is 29.6 Å². The number of hydrogen-bond acceptors (Lipinski definition) is 1. The van der Waals surface area contributed by atoms with Crippen molar-refractivity contribution in [3.8, 4) is 10.4 Å². The molecule has 0 nitrogen and oxygen atoms in total. The molecule has 0 bridgehead atoms. The Labute approximate surface area is 90.7 Å². The summed E-state index contributed by atoms with van der Waals surface area (Å²) in [7, 11) is 0. The minimum Gasteiger partial charge on any atom is -0.143 e. The first-order valence-electron chi connectivity index (χ1n) is 3.67. The fraction of sp³-hybridized carbons (Fsp3) is 0. The van der Waals surface area contributed by atoms with Crippen LogP contribution in [0.5, 0.6) is 0 Å². The molecule has 0 aliphatic heterocycles. The van der Waals surface area contributed by atoms with Crippen molar-refractivity contribution < 1.29 is 0 Å². The molecule has 0 fully saturated rings. The van der Waals surface area contributed by atoms with Crippen molar-refractivity contribution >= 4 is 34.5 Å². The molecule has 0 unspecified atom stereocenters. The molecule has 13 heavy (non-hydrogen) atoms. The number of thiophene rings is 1. The lowest BCUT2D eigenvalue weighted by Crippen LogP contribution is -1.73. The van der Waals surface area contributed by atoms with E-state index in [2.05, 4.69) is 6.07 Å². The van der Waals surface area contributed by atoms with Crippen molar-refractivity contribution in [3.05, 3.63) is 45.8 Å². The van der Waals surface area contributed by atoms with E-state index in [1.54, 1.807) is 17.4 Å². The molecule has 0 atom stereocenters. The van der Waals surface area contributed by atoms with Gasteiger partial charge < -0.3 is 0 Å². The standard InChI is InChI=1S/C10H5Cl2S/c11-8-4-7(5-9(12)6-8)10-2-1-3-13-10/h2-6H. The smallest absolute Gasteiger partial charge is 0.0427 e. The molecule has 0 aliphatic carbocycles. The SMILES string of the molecule is Clc1cc(Cl)cc(-c2c[c]cs2)c1. The predicted octanol–water partition coefficient (Wildman–Crippen LogP) is 4.52. The third-order valence-electron chi connectivity index (χ3n) is 1.62. The Morgan fingerprint density at radius 2 is 1.77 bits per heavy atom. The molecule has 1 heterocycles. The van der Waals surface area contributed by atoms with Crippen LogP contribution in [0, 0.1) is 6.07 Å². The number of rotatable bonds is 1. The maximum Gasteiger partial charge on any atom is 0.0427 e. The van der Waals surface area contributed by atoms with Gasteiger partial charge in [0.1, 0.15) is 0 Å². The quantitative estimate of drug-likeness (QED) is 0.673. The number of hydrogen-bond donors (Lipinski definition) is 0. The van der Waals surface area contributed by atoms with Crippen molar-refractivity contribution in [1.29, 1.82) is 0 Å². The van der Waals surface area contributed by atoms with Gasteiger partial charge in [-0.3, -0.25) is 0 Å². The van der Waals surface area contributed by atoms with Gasteiger partial charge in [0, 0.05) is 14.9 Å². The highest BCUT2D eigenvalue weighted by Crippen LogP contribution is 2.29. The van der Waals surface area contributed by atoms with E-state index in [1.165, 1.54) is 0 Å². The second kappa shape index (κ2) is 3.70. The van der Waals surface area contributed by atoms with Crippen molar-refractivity contribution in [2.75, 3.05) is 0 Å². The zero-order chi connectivity index (χ0) is 9.26. The fourth-order valence-corrected chi connectivity index (χ4v) is 2.27. The van der Waals surface area contributed by atoms with Gasteiger partial charge in [-0.25, -0.2) is 0 Å². The van der Waals surface area contributed by atoms with Gasteiger partial charge in [-0.2, -0.15) is 0 Å². The molecule has 0 aliphatic rings. The average molecular weight is 228 g/mol. The third kappa shape index (κ3) is 2.05. The molecule has 1 radical (unpaired) electrons. The van der Waals surface area contributed by atoms with Crippen LogP contribution >= 0.6 is 34.5 Å². The molecule has 2 rings (SSSR count). The van der Waals surface area contributed by atoms with E-state index in [4.69, 9.17) is 23.2 Å². The summed E-state index contributed by atoms with van der Waals surface area (Å²) in [5.41, 5.74) is 1.05. The maximum atomic E-state index is 5.88. The second-order valence-electron chi connectivity index (χ2n) is 2.57. The normalized spacial score (nSPS) is 10.3. The Bertz CT molecular complexity index is 387. The van der Waals surface area contributed by atoms with E-state index in [-0.39, 0.29) is 0 Å². The monoisotopic (exact) mass is 227 g/mol. The summed E-state index contributed by atoms with van der Waals surface area (Å²) in [6, 6.07) is 10.4. The van der Waals surface area contributed by atoms with Crippen LogP contribution < -0.4 is 0 Å². The van der Waals surface area contributed by atoms with Crippen molar-refractivity contribution in [2.45, 2.75) is 0 Å². The molecule has 3 heteroatoms. The van der Waals surface area contributed by atoms with E-state index in [0.29, 0.717) is 10.0 Å². The van der Waals surface area contributed by atoms with Gasteiger partial charge in [0.2, 0.25) is 0 Å². The lowest BCUT2D eigenvalue weighted by Gasteiger charge is -1.99. The highest BCUT2D eigenvalue weighted by molar-refractivity contribution is 7.13. The highest BCUT2D eigenvalue weighted by Gasteiger charge is 2.01. The van der Waals surface area contributed by atoms with Crippen LogP contribution in [0.2, 0.25) is 10.0 Å². The van der Waals surface area contributed by atoms with Crippen LogP contribution in [0.3, 0.4) is 0 Å². The van der Waals surface area contributed by atoms with E-state index in [9.17, 15) is 0 Å². The van der Waals surface area contributed by atoms with E-state index in [1.807, 2.05) is 23.6 Å². The van der Waals surface area contributed by atoms with Crippen LogP contribution in [0.1, 0.15) is 0 Å². The molecule has 2 aromatic rings. The summed E-state index contributed by atoms with van der Waals surface area (Å²) in [6.07, 6.45) is 0. The van der Waals surface area contributed by atoms with E-state index in [0.717, 1.165) is 10.4 Å². The van der Waals surface area contributed by atoms with Gasteiger partial charge in [-0.1, -0.05) is 23.2 Å². The van der Waals surface area contributed by atoms with Gasteiger partial charge in [0.25, 0.3) is 0 Å². The van der Waals surface area contributed by atoms with Crippen molar-refractivity contribution in [3.63, 3.8) is 0 Å². The van der Waals surface area contributed by atoms with Gasteiger partial charge in [0.05, 0.1) is 0 Å². The summed E-state index contributed by atoms with van der Waals surface area (Å²) < 4.78 is 0. The molecule has 0 spiro atoms. The molecule has 0 saturated carbocycles. The molecule has 0 amide bonds. The summed E-state index contributed by atoms with van der Waals surface area (Å²) >= 11 is 13.4. The zero-order valence-corrected chi connectivity index (χ0v) is 8.88. The summed E-state index contributed by atoms with van der Waals surface area (Å²) in [5.74, 6) is 0. The van der Waals surface area contributed by atoms with Gasteiger partial charge >= 0.3 is 0 Å². The molecule has 1 aromatic carbocycles. The topological polar surface area (TPSA) is 0 Å². The maximum absolute atomic E-state index is 5.88. The fourth-order valence-electron chi connectivity index (χ4n) is 1.09. The van der Waals surface area contributed by atoms with Crippen LogP contribution in [0.25, 0.3) is 10.4 Å². The first-order valence-corrected chi connectivity index (χ1v) is 5.30. The molecule has 1 aromatic heterocycles. The van der Waals surface area contributed by atoms with Gasteiger partial charge in [0.15, 0.2) is 0 Å². The Kier molecular flexibility index (Phi) is 2.58. The average Bonchev–Trinajstić information content (AvgIpc) is 2.53. The second-order valence-corrected chi connectivity index (χ2v) is 4.35. The molecular formula is C10H5Cl2S. The Balaban J connectivity index is 2.53. The number of benzene rings is 1. The van der Waals surface area contributed by atoms with E-state index >= 15 is 0 Å². The first kappa shape index (κ1) is 9.07. The van der Waals surface area contributed by atoms with Gasteiger partial charge in [-0.05, 0) is 41.3 Å².